The molecule has 0 radical (unpaired) electrons. The molecule has 0 aliphatic rings. The van der Waals surface area contributed by atoms with Crippen LogP contribution in [0.3, 0.4) is 0 Å². The highest BCUT2D eigenvalue weighted by atomic mass is 16.5. The number of aryl methyl sites for hydroxylation is 1. The van der Waals surface area contributed by atoms with E-state index in [-0.39, 0.29) is 35.2 Å². The van der Waals surface area contributed by atoms with Crippen LogP contribution in [0.2, 0.25) is 0 Å². The standard InChI is InChI=1S/C26H28O8/c1-15-5-9-20(31-2)18(11-15)25(16-6-8-19(28)22(12-16)32-3)24(14-27)34-21-10-7-17(26(29)30)13-23(21)33-4/h5-13,24-25,27-28H,14H2,1-4H3,(H,29,30). The molecule has 0 heterocycles. The number of phenols is 1. The van der Waals surface area contributed by atoms with Gasteiger partial charge in [0.05, 0.1) is 39.4 Å². The predicted molar refractivity (Wildman–Crippen MR) is 126 cm³/mol. The molecule has 0 aliphatic carbocycles. The van der Waals surface area contributed by atoms with Gasteiger partial charge in [-0.15, -0.1) is 0 Å². The first-order valence-corrected chi connectivity index (χ1v) is 10.5. The molecule has 3 rings (SSSR count). The number of aromatic hydroxyl groups is 1. The summed E-state index contributed by atoms with van der Waals surface area (Å²) in [6.07, 6.45) is -0.825. The van der Waals surface area contributed by atoms with Crippen molar-refractivity contribution in [2.45, 2.75) is 18.9 Å². The van der Waals surface area contributed by atoms with E-state index in [1.165, 1.54) is 38.5 Å². The molecule has 0 amide bonds. The topological polar surface area (TPSA) is 115 Å². The van der Waals surface area contributed by atoms with Gasteiger partial charge in [-0.25, -0.2) is 4.79 Å². The first-order valence-electron chi connectivity index (χ1n) is 10.5. The zero-order valence-corrected chi connectivity index (χ0v) is 19.4. The third-order valence-electron chi connectivity index (χ3n) is 5.52. The summed E-state index contributed by atoms with van der Waals surface area (Å²) >= 11 is 0. The SMILES string of the molecule is COc1cc(C(c2cc(C)ccc2OC)C(CO)Oc2ccc(C(=O)O)cc2OC)ccc1O. The van der Waals surface area contributed by atoms with Crippen molar-refractivity contribution in [3.05, 3.63) is 76.9 Å². The molecular weight excluding hydrogens is 440 g/mol. The molecule has 0 aliphatic heterocycles. The van der Waals surface area contributed by atoms with E-state index in [1.54, 1.807) is 19.2 Å². The summed E-state index contributed by atoms with van der Waals surface area (Å²) in [5.74, 6) is -0.300. The number of carboxylic acids is 1. The lowest BCUT2D eigenvalue weighted by molar-refractivity contribution is 0.0695. The molecule has 0 saturated heterocycles. The monoisotopic (exact) mass is 468 g/mol. The average molecular weight is 469 g/mol. The molecule has 3 aromatic rings. The van der Waals surface area contributed by atoms with Gasteiger partial charge in [-0.05, 0) is 48.9 Å². The minimum Gasteiger partial charge on any atom is -0.504 e. The van der Waals surface area contributed by atoms with Crippen molar-refractivity contribution in [2.24, 2.45) is 0 Å². The molecule has 8 heteroatoms. The van der Waals surface area contributed by atoms with Gasteiger partial charge in [0.2, 0.25) is 0 Å². The Hall–Kier alpha value is -3.91. The van der Waals surface area contributed by atoms with Gasteiger partial charge in [0.15, 0.2) is 23.0 Å². The Bertz CT molecular complexity index is 1160. The molecule has 3 N–H and O–H groups in total. The largest absolute Gasteiger partial charge is 0.504 e. The Balaban J connectivity index is 2.15. The zero-order chi connectivity index (χ0) is 24.8. The molecular formula is C26H28O8. The highest BCUT2D eigenvalue weighted by molar-refractivity contribution is 5.88. The van der Waals surface area contributed by atoms with E-state index in [4.69, 9.17) is 18.9 Å². The summed E-state index contributed by atoms with van der Waals surface area (Å²) < 4.78 is 22.5. The van der Waals surface area contributed by atoms with Gasteiger partial charge in [0.25, 0.3) is 0 Å². The number of aliphatic hydroxyl groups is 1. The number of aromatic carboxylic acids is 1. The van der Waals surface area contributed by atoms with Gasteiger partial charge in [0.1, 0.15) is 11.9 Å². The predicted octanol–water partition coefficient (Wildman–Crippen LogP) is 4.00. The summed E-state index contributed by atoms with van der Waals surface area (Å²) in [4.78, 5) is 11.3. The number of aliphatic hydroxyl groups excluding tert-OH is 1. The maximum Gasteiger partial charge on any atom is 0.335 e. The summed E-state index contributed by atoms with van der Waals surface area (Å²) in [6.45, 7) is 1.56. The van der Waals surface area contributed by atoms with E-state index < -0.39 is 18.0 Å². The third-order valence-corrected chi connectivity index (χ3v) is 5.52. The van der Waals surface area contributed by atoms with Crippen LogP contribution in [0.1, 0.15) is 33.0 Å². The van der Waals surface area contributed by atoms with Crippen LogP contribution in [0.5, 0.6) is 28.7 Å². The van der Waals surface area contributed by atoms with Crippen molar-refractivity contribution >= 4 is 5.97 Å². The highest BCUT2D eigenvalue weighted by Crippen LogP contribution is 2.41. The van der Waals surface area contributed by atoms with Crippen LogP contribution >= 0.6 is 0 Å². The number of carboxylic acid groups (broad SMARTS) is 1. The average Bonchev–Trinajstić information content (AvgIpc) is 2.84. The van der Waals surface area contributed by atoms with Crippen LogP contribution in [0.4, 0.5) is 0 Å². The summed E-state index contributed by atoms with van der Waals surface area (Å²) in [5.41, 5.74) is 2.49. The maximum absolute atomic E-state index is 11.3. The van der Waals surface area contributed by atoms with Crippen molar-refractivity contribution in [1.29, 1.82) is 0 Å². The minimum absolute atomic E-state index is 0.0198. The summed E-state index contributed by atoms with van der Waals surface area (Å²) in [7, 11) is 4.43. The van der Waals surface area contributed by atoms with Crippen molar-refractivity contribution < 1.29 is 39.1 Å². The molecule has 0 spiro atoms. The smallest absolute Gasteiger partial charge is 0.335 e. The van der Waals surface area contributed by atoms with Crippen molar-refractivity contribution in [1.82, 2.24) is 0 Å². The van der Waals surface area contributed by atoms with E-state index >= 15 is 0 Å². The fourth-order valence-corrected chi connectivity index (χ4v) is 3.85. The van der Waals surface area contributed by atoms with E-state index in [2.05, 4.69) is 0 Å². The first-order chi connectivity index (χ1) is 16.3. The van der Waals surface area contributed by atoms with Crippen LogP contribution in [0.15, 0.2) is 54.6 Å². The number of hydrogen-bond acceptors (Lipinski definition) is 7. The van der Waals surface area contributed by atoms with E-state index in [0.29, 0.717) is 11.3 Å². The van der Waals surface area contributed by atoms with E-state index in [9.17, 15) is 20.1 Å². The Labute approximate surface area is 197 Å². The number of rotatable bonds is 10. The minimum atomic E-state index is -1.10. The second-order valence-electron chi connectivity index (χ2n) is 7.66. The quantitative estimate of drug-likeness (QED) is 0.409. The molecule has 180 valence electrons. The zero-order valence-electron chi connectivity index (χ0n) is 19.4. The van der Waals surface area contributed by atoms with Gasteiger partial charge in [0, 0.05) is 5.56 Å². The Kier molecular flexibility index (Phi) is 7.86. The van der Waals surface area contributed by atoms with Gasteiger partial charge < -0.3 is 34.3 Å². The van der Waals surface area contributed by atoms with Crippen LogP contribution in [-0.2, 0) is 0 Å². The Morgan fingerprint density at radius 1 is 0.853 bits per heavy atom. The number of methoxy groups -OCH3 is 3. The summed E-state index contributed by atoms with van der Waals surface area (Å²) in [5, 5.41) is 29.8. The fraction of sp³-hybridized carbons (Fsp3) is 0.269. The van der Waals surface area contributed by atoms with E-state index in [0.717, 1.165) is 11.1 Å². The van der Waals surface area contributed by atoms with Gasteiger partial charge in [-0.1, -0.05) is 23.8 Å². The van der Waals surface area contributed by atoms with E-state index in [1.807, 2.05) is 25.1 Å². The normalized spacial score (nSPS) is 12.5. The fourth-order valence-electron chi connectivity index (χ4n) is 3.85. The molecule has 0 saturated carbocycles. The molecule has 34 heavy (non-hydrogen) atoms. The number of carbonyl (C=O) groups is 1. The maximum atomic E-state index is 11.3. The number of ether oxygens (including phenoxy) is 4. The lowest BCUT2D eigenvalue weighted by Gasteiger charge is -2.29. The second-order valence-corrected chi connectivity index (χ2v) is 7.66. The van der Waals surface area contributed by atoms with Gasteiger partial charge >= 0.3 is 5.97 Å². The Morgan fingerprint density at radius 3 is 2.15 bits per heavy atom. The Morgan fingerprint density at radius 2 is 1.53 bits per heavy atom. The number of phenolic OH excluding ortho intramolecular Hbond substituents is 1. The second kappa shape index (κ2) is 10.8. The van der Waals surface area contributed by atoms with Crippen LogP contribution in [0, 0.1) is 6.92 Å². The lowest BCUT2D eigenvalue weighted by Crippen LogP contribution is -2.30. The van der Waals surface area contributed by atoms with Gasteiger partial charge in [-0.3, -0.25) is 0 Å². The molecule has 3 aromatic carbocycles. The van der Waals surface area contributed by atoms with Crippen LogP contribution in [0.25, 0.3) is 0 Å². The van der Waals surface area contributed by atoms with Crippen molar-refractivity contribution in [2.75, 3.05) is 27.9 Å². The third kappa shape index (κ3) is 5.18. The van der Waals surface area contributed by atoms with Gasteiger partial charge in [-0.2, -0.15) is 0 Å². The van der Waals surface area contributed by atoms with Crippen molar-refractivity contribution in [3.8, 4) is 28.7 Å². The van der Waals surface area contributed by atoms with Crippen molar-refractivity contribution in [3.63, 3.8) is 0 Å². The van der Waals surface area contributed by atoms with Crippen LogP contribution in [-0.4, -0.2) is 55.3 Å². The molecule has 0 aromatic heterocycles. The summed E-state index contributed by atoms with van der Waals surface area (Å²) in [6, 6.07) is 14.9. The first kappa shape index (κ1) is 24.7. The number of hydrogen-bond donors (Lipinski definition) is 3. The molecule has 8 nitrogen and oxygen atoms in total. The molecule has 2 unspecified atom stereocenters. The molecule has 2 atom stereocenters. The molecule has 0 bridgehead atoms. The molecule has 0 fully saturated rings. The highest BCUT2D eigenvalue weighted by Gasteiger charge is 2.31. The van der Waals surface area contributed by atoms with Crippen LogP contribution < -0.4 is 18.9 Å². The number of benzene rings is 3. The lowest BCUT2D eigenvalue weighted by atomic mass is 9.85.